The summed E-state index contributed by atoms with van der Waals surface area (Å²) in [6.45, 7) is 3.13. The van der Waals surface area contributed by atoms with Gasteiger partial charge < -0.3 is 14.4 Å². The van der Waals surface area contributed by atoms with Crippen LogP contribution in [0, 0.1) is 0 Å². The van der Waals surface area contributed by atoms with Gasteiger partial charge in [0.05, 0.1) is 30.4 Å². The molecular weight excluding hydrogens is 362 g/mol. The van der Waals surface area contributed by atoms with Crippen LogP contribution < -0.4 is 9.64 Å². The standard InChI is InChI=1S/C24H21N3O2/c1-2-6-19(7-3-1)29-23-9-5-4-8-20(23)18-10-11-21-22(16-18)26-24(17-25-21)27-12-14-28-15-13-27/h1-11,16-17H,12-15H2. The fourth-order valence-corrected chi connectivity index (χ4v) is 3.52. The molecule has 1 aliphatic rings. The van der Waals surface area contributed by atoms with Gasteiger partial charge >= 0.3 is 0 Å². The first-order valence-electron chi connectivity index (χ1n) is 9.79. The molecule has 0 radical (unpaired) electrons. The minimum absolute atomic E-state index is 0.726. The van der Waals surface area contributed by atoms with Gasteiger partial charge in [-0.2, -0.15) is 0 Å². The van der Waals surface area contributed by atoms with E-state index >= 15 is 0 Å². The second-order valence-corrected chi connectivity index (χ2v) is 6.94. The molecule has 1 fully saturated rings. The van der Waals surface area contributed by atoms with Gasteiger partial charge in [0, 0.05) is 18.7 Å². The second kappa shape index (κ2) is 7.89. The molecule has 5 rings (SSSR count). The van der Waals surface area contributed by atoms with E-state index in [1.807, 2.05) is 60.8 Å². The molecule has 0 N–H and O–H groups in total. The summed E-state index contributed by atoms with van der Waals surface area (Å²) >= 11 is 0. The van der Waals surface area contributed by atoms with Gasteiger partial charge in [0.1, 0.15) is 17.3 Å². The first kappa shape index (κ1) is 17.6. The van der Waals surface area contributed by atoms with E-state index in [9.17, 15) is 0 Å². The number of anilines is 1. The lowest BCUT2D eigenvalue weighted by molar-refractivity contribution is 0.122. The molecule has 1 aliphatic heterocycles. The van der Waals surface area contributed by atoms with E-state index in [1.54, 1.807) is 0 Å². The van der Waals surface area contributed by atoms with E-state index in [-0.39, 0.29) is 0 Å². The molecule has 0 spiro atoms. The van der Waals surface area contributed by atoms with Crippen molar-refractivity contribution in [1.29, 1.82) is 0 Å². The van der Waals surface area contributed by atoms with Crippen molar-refractivity contribution in [2.75, 3.05) is 31.2 Å². The maximum atomic E-state index is 6.14. The van der Waals surface area contributed by atoms with E-state index < -0.39 is 0 Å². The molecule has 0 unspecified atom stereocenters. The molecule has 4 aromatic rings. The van der Waals surface area contributed by atoms with Crippen LogP contribution in [0.1, 0.15) is 0 Å². The van der Waals surface area contributed by atoms with Crippen LogP contribution in [0.25, 0.3) is 22.2 Å². The highest BCUT2D eigenvalue weighted by atomic mass is 16.5. The number of fused-ring (bicyclic) bond motifs is 1. The van der Waals surface area contributed by atoms with Crippen molar-refractivity contribution >= 4 is 16.9 Å². The van der Waals surface area contributed by atoms with E-state index in [1.165, 1.54) is 0 Å². The summed E-state index contributed by atoms with van der Waals surface area (Å²) in [7, 11) is 0. The molecule has 5 nitrogen and oxygen atoms in total. The van der Waals surface area contributed by atoms with E-state index in [0.717, 1.165) is 65.8 Å². The monoisotopic (exact) mass is 383 g/mol. The minimum Gasteiger partial charge on any atom is -0.457 e. The van der Waals surface area contributed by atoms with Crippen molar-refractivity contribution in [2.24, 2.45) is 0 Å². The van der Waals surface area contributed by atoms with E-state index in [2.05, 4.69) is 28.1 Å². The molecule has 0 saturated carbocycles. The van der Waals surface area contributed by atoms with Crippen molar-refractivity contribution < 1.29 is 9.47 Å². The molecule has 1 saturated heterocycles. The molecule has 0 bridgehead atoms. The fourth-order valence-electron chi connectivity index (χ4n) is 3.52. The molecule has 2 heterocycles. The van der Waals surface area contributed by atoms with Crippen molar-refractivity contribution in [3.63, 3.8) is 0 Å². The van der Waals surface area contributed by atoms with Crippen molar-refractivity contribution in [1.82, 2.24) is 9.97 Å². The summed E-state index contributed by atoms with van der Waals surface area (Å²) in [6, 6.07) is 24.1. The number of hydrogen-bond acceptors (Lipinski definition) is 5. The number of nitrogens with zero attached hydrogens (tertiary/aromatic N) is 3. The Balaban J connectivity index is 1.52. The first-order chi connectivity index (χ1) is 14.4. The van der Waals surface area contributed by atoms with Gasteiger partial charge in [-0.25, -0.2) is 4.98 Å². The number of morpholine rings is 1. The van der Waals surface area contributed by atoms with Gasteiger partial charge in [0.25, 0.3) is 0 Å². The predicted molar refractivity (Wildman–Crippen MR) is 115 cm³/mol. The summed E-state index contributed by atoms with van der Waals surface area (Å²) in [5.74, 6) is 2.53. The average molecular weight is 383 g/mol. The van der Waals surface area contributed by atoms with Gasteiger partial charge in [-0.3, -0.25) is 4.98 Å². The van der Waals surface area contributed by atoms with Crippen LogP contribution in [-0.4, -0.2) is 36.3 Å². The Labute approximate surface area is 169 Å². The SMILES string of the molecule is c1ccc(Oc2ccccc2-c2ccc3ncc(N4CCOCC4)nc3c2)cc1. The third-order valence-corrected chi connectivity index (χ3v) is 5.03. The zero-order valence-corrected chi connectivity index (χ0v) is 16.0. The fraction of sp³-hybridized carbons (Fsp3) is 0.167. The van der Waals surface area contributed by atoms with Crippen LogP contribution in [0.4, 0.5) is 5.82 Å². The first-order valence-corrected chi connectivity index (χ1v) is 9.79. The number of hydrogen-bond donors (Lipinski definition) is 0. The van der Waals surface area contributed by atoms with Crippen molar-refractivity contribution in [3.8, 4) is 22.6 Å². The predicted octanol–water partition coefficient (Wildman–Crippen LogP) is 4.93. The largest absolute Gasteiger partial charge is 0.457 e. The Morgan fingerprint density at radius 1 is 0.828 bits per heavy atom. The smallest absolute Gasteiger partial charge is 0.148 e. The third kappa shape index (κ3) is 3.77. The normalized spacial score (nSPS) is 14.1. The van der Waals surface area contributed by atoms with Gasteiger partial charge in [-0.1, -0.05) is 42.5 Å². The molecule has 0 atom stereocenters. The highest BCUT2D eigenvalue weighted by Crippen LogP contribution is 2.34. The zero-order chi connectivity index (χ0) is 19.5. The Kier molecular flexibility index (Phi) is 4.80. The minimum atomic E-state index is 0.726. The molecule has 0 aliphatic carbocycles. The number of para-hydroxylation sites is 2. The third-order valence-electron chi connectivity index (χ3n) is 5.03. The van der Waals surface area contributed by atoms with Crippen LogP contribution in [0.5, 0.6) is 11.5 Å². The topological polar surface area (TPSA) is 47.5 Å². The van der Waals surface area contributed by atoms with Crippen molar-refractivity contribution in [2.45, 2.75) is 0 Å². The van der Waals surface area contributed by atoms with E-state index in [4.69, 9.17) is 14.5 Å². The highest BCUT2D eigenvalue weighted by Gasteiger charge is 2.14. The summed E-state index contributed by atoms with van der Waals surface area (Å²) in [5, 5.41) is 0. The Morgan fingerprint density at radius 3 is 2.48 bits per heavy atom. The molecule has 29 heavy (non-hydrogen) atoms. The van der Waals surface area contributed by atoms with Crippen LogP contribution in [0.2, 0.25) is 0 Å². The Morgan fingerprint density at radius 2 is 1.62 bits per heavy atom. The van der Waals surface area contributed by atoms with Gasteiger partial charge in [0.15, 0.2) is 0 Å². The molecular formula is C24H21N3O2. The van der Waals surface area contributed by atoms with Crippen LogP contribution in [0.15, 0.2) is 79.0 Å². The summed E-state index contributed by atoms with van der Waals surface area (Å²) in [5.41, 5.74) is 3.84. The summed E-state index contributed by atoms with van der Waals surface area (Å²) < 4.78 is 11.6. The van der Waals surface area contributed by atoms with Crippen LogP contribution in [-0.2, 0) is 4.74 Å². The lowest BCUT2D eigenvalue weighted by Gasteiger charge is -2.27. The molecule has 1 aromatic heterocycles. The van der Waals surface area contributed by atoms with Crippen molar-refractivity contribution in [3.05, 3.63) is 79.0 Å². The van der Waals surface area contributed by atoms with Crippen LogP contribution >= 0.6 is 0 Å². The van der Waals surface area contributed by atoms with Crippen LogP contribution in [0.3, 0.4) is 0 Å². The zero-order valence-electron chi connectivity index (χ0n) is 16.0. The second-order valence-electron chi connectivity index (χ2n) is 6.94. The number of benzene rings is 3. The highest BCUT2D eigenvalue weighted by molar-refractivity contribution is 5.84. The van der Waals surface area contributed by atoms with Gasteiger partial charge in [-0.05, 0) is 35.9 Å². The average Bonchev–Trinajstić information content (AvgIpc) is 2.80. The molecule has 144 valence electrons. The summed E-state index contributed by atoms with van der Waals surface area (Å²) in [4.78, 5) is 11.7. The molecule has 3 aromatic carbocycles. The number of ether oxygens (including phenoxy) is 2. The Bertz CT molecular complexity index is 1130. The maximum absolute atomic E-state index is 6.14. The maximum Gasteiger partial charge on any atom is 0.148 e. The number of rotatable bonds is 4. The summed E-state index contributed by atoms with van der Waals surface area (Å²) in [6.07, 6.45) is 1.85. The number of aromatic nitrogens is 2. The molecule has 5 heteroatoms. The Hall–Kier alpha value is -3.44. The van der Waals surface area contributed by atoms with Gasteiger partial charge in [0.2, 0.25) is 0 Å². The lowest BCUT2D eigenvalue weighted by Crippen LogP contribution is -2.36. The molecule has 0 amide bonds. The lowest BCUT2D eigenvalue weighted by atomic mass is 10.0. The van der Waals surface area contributed by atoms with Gasteiger partial charge in [-0.15, -0.1) is 0 Å². The quantitative estimate of drug-likeness (QED) is 0.500. The van der Waals surface area contributed by atoms with E-state index in [0.29, 0.717) is 0 Å².